The lowest BCUT2D eigenvalue weighted by atomic mass is 9.97. The second-order valence-corrected chi connectivity index (χ2v) is 22.2. The quantitative estimate of drug-likeness (QED) is 0.0592. The lowest BCUT2D eigenvalue weighted by Crippen LogP contribution is -2.26. The third-order valence-electron chi connectivity index (χ3n) is 11.9. The van der Waals surface area contributed by atoms with E-state index in [1.807, 2.05) is 136 Å². The fourth-order valence-electron chi connectivity index (χ4n) is 7.38. The zero-order valence-electron chi connectivity index (χ0n) is 46.6. The van der Waals surface area contributed by atoms with Crippen molar-refractivity contribution in [3.8, 4) is 34.5 Å². The van der Waals surface area contributed by atoms with E-state index in [2.05, 4.69) is 0 Å². The number of aryl methyl sites for hydroxylation is 4. The second kappa shape index (κ2) is 27.6. The molecule has 79 heavy (non-hydrogen) atoms. The number of ether oxygens (including phenoxy) is 6. The van der Waals surface area contributed by atoms with Gasteiger partial charge in [-0.2, -0.15) is 0 Å². The molecule has 0 amide bonds. The van der Waals surface area contributed by atoms with E-state index in [0.717, 1.165) is 38.9 Å². The van der Waals surface area contributed by atoms with Crippen molar-refractivity contribution >= 4 is 35.8 Å². The summed E-state index contributed by atoms with van der Waals surface area (Å²) >= 11 is 0. The number of carbonyl (C=O) groups excluding carboxylic acids is 6. The van der Waals surface area contributed by atoms with Gasteiger partial charge in [0.25, 0.3) is 0 Å². The molecule has 0 aromatic heterocycles. The van der Waals surface area contributed by atoms with E-state index in [4.69, 9.17) is 28.4 Å². The van der Waals surface area contributed by atoms with Crippen molar-refractivity contribution in [2.24, 2.45) is 16.2 Å². The molecule has 0 atom stereocenters. The van der Waals surface area contributed by atoms with Crippen LogP contribution in [0.25, 0.3) is 0 Å². The zero-order chi connectivity index (χ0) is 57.2. The predicted octanol–water partition coefficient (Wildman–Crippen LogP) is 13.2. The van der Waals surface area contributed by atoms with Crippen LogP contribution in [0.15, 0.2) is 176 Å². The van der Waals surface area contributed by atoms with Gasteiger partial charge >= 0.3 is 35.8 Å². The third kappa shape index (κ3) is 20.7. The molecule has 410 valence electrons. The molecule has 0 heterocycles. The van der Waals surface area contributed by atoms with Gasteiger partial charge in [-0.25, -0.2) is 0 Å². The topological polar surface area (TPSA) is 158 Å². The summed E-state index contributed by atoms with van der Waals surface area (Å²) in [5.41, 5.74) is 4.45. The zero-order valence-corrected chi connectivity index (χ0v) is 46.6. The summed E-state index contributed by atoms with van der Waals surface area (Å²) in [5, 5.41) is 0. The van der Waals surface area contributed by atoms with Gasteiger partial charge < -0.3 is 28.4 Å². The Morgan fingerprint density at radius 3 is 0.797 bits per heavy atom. The molecule has 0 unspecified atom stereocenters. The molecule has 0 fully saturated rings. The number of hydrogen-bond acceptors (Lipinski definition) is 12. The molecule has 0 N–H and O–H groups in total. The molecule has 0 saturated carbocycles. The SMILES string of the molecule is CC(C)(C)C(=O)Oc1ccc(CCc2cc(OC(=O)C(C)(C)C)cc(OC(=O)C(C)(C)C)c2)cc1.O=C(Cc1ccccc1)Oc1ccc(CCc2cc(OC(=O)Cc3ccccc3)cc(OC(=O)Cc3ccccc3)c2)cc1. The molecule has 0 spiro atoms. The Morgan fingerprint density at radius 1 is 0.266 bits per heavy atom. The van der Waals surface area contributed by atoms with Crippen LogP contribution < -0.4 is 28.4 Å². The van der Waals surface area contributed by atoms with E-state index in [-0.39, 0.29) is 43.1 Å². The van der Waals surface area contributed by atoms with Crippen molar-refractivity contribution in [3.63, 3.8) is 0 Å². The minimum atomic E-state index is -0.670. The summed E-state index contributed by atoms with van der Waals surface area (Å²) in [6.45, 7) is 16.1. The maximum Gasteiger partial charge on any atom is 0.316 e. The van der Waals surface area contributed by atoms with Crippen LogP contribution in [0.5, 0.6) is 34.5 Å². The van der Waals surface area contributed by atoms with Gasteiger partial charge in [0.05, 0.1) is 35.5 Å². The fourth-order valence-corrected chi connectivity index (χ4v) is 7.38. The highest BCUT2D eigenvalue weighted by atomic mass is 16.6. The summed E-state index contributed by atoms with van der Waals surface area (Å²) in [6, 6.07) is 53.2. The average Bonchev–Trinajstić information content (AvgIpc) is 3.39. The van der Waals surface area contributed by atoms with Gasteiger partial charge in [-0.05, 0) is 175 Å². The van der Waals surface area contributed by atoms with Gasteiger partial charge in [0.2, 0.25) is 0 Å². The molecular weight excluding hydrogens is 997 g/mol. The van der Waals surface area contributed by atoms with Crippen LogP contribution >= 0.6 is 0 Å². The Kier molecular flexibility index (Phi) is 20.8. The Hall–Kier alpha value is -8.64. The molecular formula is C67H70O12. The molecule has 0 saturated heterocycles. The van der Waals surface area contributed by atoms with Gasteiger partial charge in [-0.15, -0.1) is 0 Å². The third-order valence-corrected chi connectivity index (χ3v) is 11.9. The number of rotatable bonds is 18. The van der Waals surface area contributed by atoms with Crippen molar-refractivity contribution < 1.29 is 57.2 Å². The van der Waals surface area contributed by atoms with Gasteiger partial charge in [-0.3, -0.25) is 28.8 Å². The van der Waals surface area contributed by atoms with E-state index < -0.39 is 28.2 Å². The van der Waals surface area contributed by atoms with Crippen molar-refractivity contribution in [2.45, 2.75) is 107 Å². The summed E-state index contributed by atoms with van der Waals surface area (Å²) in [5.74, 6) is 0.105. The van der Waals surface area contributed by atoms with E-state index in [9.17, 15) is 28.8 Å². The highest BCUT2D eigenvalue weighted by Gasteiger charge is 2.27. The molecule has 12 nitrogen and oxygen atoms in total. The minimum absolute atomic E-state index is 0.121. The Bertz CT molecular complexity index is 3040. The smallest absolute Gasteiger partial charge is 0.316 e. The molecule has 0 radical (unpaired) electrons. The molecule has 0 bridgehead atoms. The van der Waals surface area contributed by atoms with E-state index in [1.165, 1.54) is 0 Å². The fraction of sp³-hybridized carbons (Fsp3) is 0.284. The Balaban J connectivity index is 0.000000263. The van der Waals surface area contributed by atoms with Crippen molar-refractivity contribution in [1.29, 1.82) is 0 Å². The minimum Gasteiger partial charge on any atom is -0.426 e. The summed E-state index contributed by atoms with van der Waals surface area (Å²) in [7, 11) is 0. The van der Waals surface area contributed by atoms with Crippen molar-refractivity contribution in [1.82, 2.24) is 0 Å². The van der Waals surface area contributed by atoms with Gasteiger partial charge in [-0.1, -0.05) is 115 Å². The first kappa shape index (κ1) is 59.6. The molecule has 12 heteroatoms. The standard InChI is InChI=1S/C38H32O6.C29H38O6/c39-36(24-29-10-4-1-5-11-29)42-33-20-18-28(19-21-33)16-17-32-22-34(43-37(40)25-30-12-6-2-7-13-30)27-35(23-32)44-38(41)26-31-14-8-3-9-15-31;1-27(2,3)24(30)33-21-14-12-19(13-15-21)10-11-20-16-22(34-25(31)28(4,5)6)18-23(17-20)35-26(32)29(7,8)9/h1-15,18-23,27H,16-17,24-26H2;12-18H,10-11H2,1-9H3. The molecule has 7 rings (SSSR count). The highest BCUT2D eigenvalue weighted by Crippen LogP contribution is 2.30. The second-order valence-electron chi connectivity index (χ2n) is 22.2. The molecule has 0 aliphatic heterocycles. The van der Waals surface area contributed by atoms with Crippen molar-refractivity contribution in [2.75, 3.05) is 0 Å². The normalized spacial score (nSPS) is 11.3. The number of benzene rings is 7. The van der Waals surface area contributed by atoms with Crippen LogP contribution in [-0.2, 0) is 73.7 Å². The van der Waals surface area contributed by atoms with Crippen LogP contribution in [0.3, 0.4) is 0 Å². The lowest BCUT2D eigenvalue weighted by molar-refractivity contribution is -0.144. The highest BCUT2D eigenvalue weighted by molar-refractivity contribution is 5.80. The molecule has 7 aromatic carbocycles. The summed E-state index contributed by atoms with van der Waals surface area (Å²) in [4.78, 5) is 74.6. The van der Waals surface area contributed by atoms with Gasteiger partial charge in [0, 0.05) is 12.1 Å². The van der Waals surface area contributed by atoms with Crippen LogP contribution in [0.1, 0.15) is 101 Å². The van der Waals surface area contributed by atoms with Crippen LogP contribution in [0.4, 0.5) is 0 Å². The maximum atomic E-state index is 12.7. The lowest BCUT2D eigenvalue weighted by Gasteiger charge is -2.19. The van der Waals surface area contributed by atoms with Gasteiger partial charge in [0.1, 0.15) is 34.5 Å². The molecule has 7 aromatic rings. The van der Waals surface area contributed by atoms with Crippen LogP contribution in [-0.4, -0.2) is 35.8 Å². The van der Waals surface area contributed by atoms with E-state index >= 15 is 0 Å². The first-order chi connectivity index (χ1) is 37.4. The predicted molar refractivity (Wildman–Crippen MR) is 303 cm³/mol. The molecule has 0 aliphatic rings. The Morgan fingerprint density at radius 2 is 0.506 bits per heavy atom. The largest absolute Gasteiger partial charge is 0.426 e. The summed E-state index contributed by atoms with van der Waals surface area (Å²) < 4.78 is 33.4. The first-order valence-corrected chi connectivity index (χ1v) is 26.3. The van der Waals surface area contributed by atoms with E-state index in [0.29, 0.717) is 60.2 Å². The Labute approximate surface area is 464 Å². The number of esters is 6. The van der Waals surface area contributed by atoms with Crippen LogP contribution in [0, 0.1) is 16.2 Å². The van der Waals surface area contributed by atoms with Gasteiger partial charge in [0.15, 0.2) is 0 Å². The summed E-state index contributed by atoms with van der Waals surface area (Å²) in [6.07, 6.45) is 3.02. The monoisotopic (exact) mass is 1070 g/mol. The molecule has 0 aliphatic carbocycles. The number of carbonyl (C=O) groups is 6. The van der Waals surface area contributed by atoms with E-state index in [1.54, 1.807) is 102 Å². The maximum absolute atomic E-state index is 12.7. The first-order valence-electron chi connectivity index (χ1n) is 26.3. The average molecular weight is 1070 g/mol. The van der Waals surface area contributed by atoms with Crippen molar-refractivity contribution in [3.05, 3.63) is 215 Å². The van der Waals surface area contributed by atoms with Crippen LogP contribution in [0.2, 0.25) is 0 Å². The number of hydrogen-bond donors (Lipinski definition) is 0.